The molecule has 2 N–H and O–H groups in total. The number of para-hydroxylation sites is 1. The maximum absolute atomic E-state index is 9.92. The average Bonchev–Trinajstić information content (AvgIpc) is 2.50. The Hall–Kier alpha value is -1.72. The van der Waals surface area contributed by atoms with E-state index in [9.17, 15) is 5.11 Å². The molecule has 0 aliphatic rings. The van der Waals surface area contributed by atoms with E-state index < -0.39 is 0 Å². The normalized spacial score (nSPS) is 10.4. The molecule has 0 fully saturated rings. The number of ether oxygens (including phenoxy) is 2. The van der Waals surface area contributed by atoms with Gasteiger partial charge in [-0.2, -0.15) is 0 Å². The highest BCUT2D eigenvalue weighted by Crippen LogP contribution is 2.28. The topological polar surface area (TPSA) is 50.7 Å². The van der Waals surface area contributed by atoms with Crippen LogP contribution in [-0.4, -0.2) is 25.4 Å². The zero-order valence-corrected chi connectivity index (χ0v) is 13.4. The third kappa shape index (κ3) is 4.65. The molecule has 0 saturated heterocycles. The molecule has 0 aliphatic carbocycles. The monoisotopic (exact) mass is 351 g/mol. The number of aromatic hydroxyl groups is 1. The van der Waals surface area contributed by atoms with E-state index in [1.165, 1.54) is 0 Å². The average molecular weight is 352 g/mol. The van der Waals surface area contributed by atoms with Gasteiger partial charge in [-0.25, -0.2) is 0 Å². The minimum Gasteiger partial charge on any atom is -0.506 e. The van der Waals surface area contributed by atoms with Gasteiger partial charge in [-0.15, -0.1) is 0 Å². The summed E-state index contributed by atoms with van der Waals surface area (Å²) in [4.78, 5) is 0. The van der Waals surface area contributed by atoms with Gasteiger partial charge in [0.1, 0.15) is 18.1 Å². The Balaban J connectivity index is 1.90. The highest BCUT2D eigenvalue weighted by molar-refractivity contribution is 9.10. The van der Waals surface area contributed by atoms with E-state index in [4.69, 9.17) is 9.47 Å². The number of phenolic OH excluding ortho intramolecular Hbond substituents is 1. The first-order valence-electron chi connectivity index (χ1n) is 6.62. The smallest absolute Gasteiger partial charge is 0.134 e. The second-order valence-corrected chi connectivity index (χ2v) is 5.32. The lowest BCUT2D eigenvalue weighted by Crippen LogP contribution is -2.04. The van der Waals surface area contributed by atoms with E-state index in [1.807, 2.05) is 42.5 Å². The standard InChI is InChI=1S/C16H18BrNO3/c1-20-9-10-21-14-7-5-13(6-8-14)18-11-12-3-2-4-15(17)16(12)19/h2-8,18-19H,9-11H2,1H3. The fourth-order valence-electron chi connectivity index (χ4n) is 1.81. The van der Waals surface area contributed by atoms with Gasteiger partial charge in [0, 0.05) is 24.9 Å². The molecule has 0 aliphatic heterocycles. The van der Waals surface area contributed by atoms with Crippen molar-refractivity contribution < 1.29 is 14.6 Å². The molecule has 4 nitrogen and oxygen atoms in total. The van der Waals surface area contributed by atoms with Crippen molar-refractivity contribution in [3.8, 4) is 11.5 Å². The van der Waals surface area contributed by atoms with Crippen LogP contribution in [-0.2, 0) is 11.3 Å². The van der Waals surface area contributed by atoms with Gasteiger partial charge in [0.15, 0.2) is 0 Å². The van der Waals surface area contributed by atoms with Gasteiger partial charge in [0.05, 0.1) is 11.1 Å². The molecule has 0 spiro atoms. The molecule has 0 saturated carbocycles. The molecule has 21 heavy (non-hydrogen) atoms. The number of hydrogen-bond acceptors (Lipinski definition) is 4. The predicted molar refractivity (Wildman–Crippen MR) is 86.9 cm³/mol. The van der Waals surface area contributed by atoms with Gasteiger partial charge in [-0.3, -0.25) is 0 Å². The van der Waals surface area contributed by atoms with E-state index in [-0.39, 0.29) is 5.75 Å². The fraction of sp³-hybridized carbons (Fsp3) is 0.250. The third-order valence-electron chi connectivity index (χ3n) is 2.96. The Morgan fingerprint density at radius 2 is 1.86 bits per heavy atom. The van der Waals surface area contributed by atoms with Gasteiger partial charge in [0.25, 0.3) is 0 Å². The van der Waals surface area contributed by atoms with Crippen molar-refractivity contribution in [1.82, 2.24) is 0 Å². The molecule has 112 valence electrons. The van der Waals surface area contributed by atoms with Crippen LogP contribution >= 0.6 is 15.9 Å². The van der Waals surface area contributed by atoms with Crippen LogP contribution in [0.4, 0.5) is 5.69 Å². The minimum atomic E-state index is 0.268. The van der Waals surface area contributed by atoms with Crippen LogP contribution in [0.25, 0.3) is 0 Å². The summed E-state index contributed by atoms with van der Waals surface area (Å²) in [5.74, 6) is 1.08. The van der Waals surface area contributed by atoms with E-state index in [0.29, 0.717) is 24.2 Å². The number of rotatable bonds is 7. The molecular formula is C16H18BrNO3. The molecule has 0 bridgehead atoms. The largest absolute Gasteiger partial charge is 0.506 e. The lowest BCUT2D eigenvalue weighted by Gasteiger charge is -2.10. The fourth-order valence-corrected chi connectivity index (χ4v) is 2.22. The third-order valence-corrected chi connectivity index (χ3v) is 3.60. The molecule has 0 heterocycles. The summed E-state index contributed by atoms with van der Waals surface area (Å²) in [6.07, 6.45) is 0. The van der Waals surface area contributed by atoms with Crippen molar-refractivity contribution in [2.75, 3.05) is 25.6 Å². The number of nitrogens with one attached hydrogen (secondary N) is 1. The Morgan fingerprint density at radius 1 is 1.10 bits per heavy atom. The highest BCUT2D eigenvalue weighted by atomic mass is 79.9. The van der Waals surface area contributed by atoms with Crippen molar-refractivity contribution >= 4 is 21.6 Å². The summed E-state index contributed by atoms with van der Waals surface area (Å²) in [5, 5.41) is 13.2. The number of hydrogen-bond donors (Lipinski definition) is 2. The number of halogens is 1. The number of methoxy groups -OCH3 is 1. The number of anilines is 1. The van der Waals surface area contributed by atoms with Crippen LogP contribution < -0.4 is 10.1 Å². The van der Waals surface area contributed by atoms with Crippen molar-refractivity contribution in [3.63, 3.8) is 0 Å². The van der Waals surface area contributed by atoms with Crippen LogP contribution in [0.3, 0.4) is 0 Å². The lowest BCUT2D eigenvalue weighted by atomic mass is 10.2. The predicted octanol–water partition coefficient (Wildman–Crippen LogP) is 3.79. The van der Waals surface area contributed by atoms with Gasteiger partial charge < -0.3 is 19.9 Å². The molecule has 0 atom stereocenters. The van der Waals surface area contributed by atoms with Crippen molar-refractivity contribution in [2.45, 2.75) is 6.54 Å². The number of benzene rings is 2. The molecule has 2 aromatic rings. The van der Waals surface area contributed by atoms with Crippen molar-refractivity contribution in [2.24, 2.45) is 0 Å². The molecule has 5 heteroatoms. The summed E-state index contributed by atoms with van der Waals surface area (Å²) < 4.78 is 11.1. The van der Waals surface area contributed by atoms with Gasteiger partial charge in [-0.1, -0.05) is 12.1 Å². The highest BCUT2D eigenvalue weighted by Gasteiger charge is 2.04. The SMILES string of the molecule is COCCOc1ccc(NCc2cccc(Br)c2O)cc1. The molecule has 2 rings (SSSR count). The second kappa shape index (κ2) is 7.90. The summed E-state index contributed by atoms with van der Waals surface area (Å²) in [6, 6.07) is 13.3. The molecule has 0 aromatic heterocycles. The molecular weight excluding hydrogens is 334 g/mol. The maximum Gasteiger partial charge on any atom is 0.134 e. The second-order valence-electron chi connectivity index (χ2n) is 4.47. The number of phenols is 1. The summed E-state index contributed by atoms with van der Waals surface area (Å²) >= 11 is 3.31. The lowest BCUT2D eigenvalue weighted by molar-refractivity contribution is 0.146. The van der Waals surface area contributed by atoms with E-state index in [1.54, 1.807) is 7.11 Å². The van der Waals surface area contributed by atoms with Gasteiger partial charge in [0.2, 0.25) is 0 Å². The summed E-state index contributed by atoms with van der Waals surface area (Å²) in [7, 11) is 1.65. The molecule has 0 amide bonds. The van der Waals surface area contributed by atoms with Crippen LogP contribution in [0, 0.1) is 0 Å². The van der Waals surface area contributed by atoms with Crippen LogP contribution in [0.15, 0.2) is 46.9 Å². The minimum absolute atomic E-state index is 0.268. The Kier molecular flexibility index (Phi) is 5.90. The Morgan fingerprint density at radius 3 is 2.57 bits per heavy atom. The van der Waals surface area contributed by atoms with Crippen molar-refractivity contribution in [3.05, 3.63) is 52.5 Å². The van der Waals surface area contributed by atoms with Crippen LogP contribution in [0.1, 0.15) is 5.56 Å². The Labute approximate surface area is 132 Å². The van der Waals surface area contributed by atoms with Crippen molar-refractivity contribution in [1.29, 1.82) is 0 Å². The molecule has 0 radical (unpaired) electrons. The molecule has 2 aromatic carbocycles. The maximum atomic E-state index is 9.92. The first-order chi connectivity index (χ1) is 10.2. The zero-order chi connectivity index (χ0) is 15.1. The zero-order valence-electron chi connectivity index (χ0n) is 11.8. The Bertz CT molecular complexity index is 572. The van der Waals surface area contributed by atoms with Gasteiger partial charge in [-0.05, 0) is 46.3 Å². The van der Waals surface area contributed by atoms with E-state index in [0.717, 1.165) is 17.0 Å². The van der Waals surface area contributed by atoms with E-state index in [2.05, 4.69) is 21.2 Å². The molecule has 0 unspecified atom stereocenters. The first kappa shape index (κ1) is 15.7. The first-order valence-corrected chi connectivity index (χ1v) is 7.42. The van der Waals surface area contributed by atoms with Crippen LogP contribution in [0.2, 0.25) is 0 Å². The summed E-state index contributed by atoms with van der Waals surface area (Å²) in [6.45, 7) is 1.66. The van der Waals surface area contributed by atoms with Crippen LogP contribution in [0.5, 0.6) is 11.5 Å². The summed E-state index contributed by atoms with van der Waals surface area (Å²) in [5.41, 5.74) is 1.80. The van der Waals surface area contributed by atoms with Gasteiger partial charge >= 0.3 is 0 Å². The quantitative estimate of drug-likeness (QED) is 0.745. The van der Waals surface area contributed by atoms with E-state index >= 15 is 0 Å².